The fraction of sp³-hybridized carbons (Fsp3) is 0.600. The molecule has 0 spiro atoms. The van der Waals surface area contributed by atoms with Gasteiger partial charge < -0.3 is 10.4 Å². The molecule has 2 rings (SSSR count). The van der Waals surface area contributed by atoms with Crippen LogP contribution in [0, 0.1) is 5.41 Å². The number of hydrogen-bond donors (Lipinski definition) is 3. The highest BCUT2D eigenvalue weighted by molar-refractivity contribution is 7.89. The summed E-state index contributed by atoms with van der Waals surface area (Å²) in [7, 11) is -1.99. The molecule has 1 aromatic carbocycles. The van der Waals surface area contributed by atoms with E-state index in [4.69, 9.17) is 0 Å². The van der Waals surface area contributed by atoms with Gasteiger partial charge in [0.2, 0.25) is 10.0 Å². The molecule has 0 heterocycles. The van der Waals surface area contributed by atoms with Crippen molar-refractivity contribution in [2.45, 2.75) is 37.0 Å². The minimum absolute atomic E-state index is 0.0338. The fourth-order valence-corrected chi connectivity index (χ4v) is 3.58. The largest absolute Gasteiger partial charge is 0.396 e. The Bertz CT molecular complexity index is 549. The van der Waals surface area contributed by atoms with Crippen LogP contribution in [0.2, 0.25) is 0 Å². The zero-order valence-corrected chi connectivity index (χ0v) is 13.2. The van der Waals surface area contributed by atoms with E-state index in [-0.39, 0.29) is 16.9 Å². The average Bonchev–Trinajstić information content (AvgIpc) is 2.54. The molecular formula is C15H24N2O3S. The van der Waals surface area contributed by atoms with Gasteiger partial charge in [0.05, 0.1) is 11.5 Å². The average molecular weight is 312 g/mol. The van der Waals surface area contributed by atoms with Gasteiger partial charge in [-0.1, -0.05) is 19.3 Å². The molecule has 1 aromatic rings. The first-order valence-corrected chi connectivity index (χ1v) is 8.88. The van der Waals surface area contributed by atoms with Crippen LogP contribution < -0.4 is 10.0 Å². The van der Waals surface area contributed by atoms with Gasteiger partial charge in [0, 0.05) is 17.6 Å². The predicted molar refractivity (Wildman–Crippen MR) is 83.8 cm³/mol. The van der Waals surface area contributed by atoms with E-state index < -0.39 is 10.0 Å². The van der Waals surface area contributed by atoms with Crippen molar-refractivity contribution in [2.75, 3.05) is 25.5 Å². The van der Waals surface area contributed by atoms with Crippen LogP contribution in [0.3, 0.4) is 0 Å². The number of rotatable bonds is 6. The van der Waals surface area contributed by atoms with Gasteiger partial charge in [0.1, 0.15) is 0 Å². The lowest BCUT2D eigenvalue weighted by atomic mass is 9.74. The molecular weight excluding hydrogens is 288 g/mol. The monoisotopic (exact) mass is 312 g/mol. The molecule has 1 aliphatic carbocycles. The summed E-state index contributed by atoms with van der Waals surface area (Å²) >= 11 is 0. The van der Waals surface area contributed by atoms with Crippen LogP contribution in [0.25, 0.3) is 0 Å². The number of benzene rings is 1. The maximum Gasteiger partial charge on any atom is 0.240 e. The number of sulfonamides is 1. The first kappa shape index (κ1) is 16.3. The van der Waals surface area contributed by atoms with Crippen molar-refractivity contribution in [3.05, 3.63) is 24.3 Å². The van der Waals surface area contributed by atoms with Crippen LogP contribution in [0.5, 0.6) is 0 Å². The van der Waals surface area contributed by atoms with E-state index >= 15 is 0 Å². The highest BCUT2D eigenvalue weighted by atomic mass is 32.2. The zero-order chi connectivity index (χ0) is 15.3. The lowest BCUT2D eigenvalue weighted by molar-refractivity contribution is 0.0944. The highest BCUT2D eigenvalue weighted by Gasteiger charge is 2.31. The molecule has 0 unspecified atom stereocenters. The fourth-order valence-electron chi connectivity index (χ4n) is 2.85. The normalized spacial score (nSPS) is 18.4. The summed E-state index contributed by atoms with van der Waals surface area (Å²) in [5.41, 5.74) is 0.844. The van der Waals surface area contributed by atoms with Gasteiger partial charge in [-0.15, -0.1) is 0 Å². The third-order valence-electron chi connectivity index (χ3n) is 4.35. The third kappa shape index (κ3) is 3.96. The number of aliphatic hydroxyl groups is 1. The van der Waals surface area contributed by atoms with Crippen molar-refractivity contribution < 1.29 is 13.5 Å². The molecule has 0 amide bonds. The van der Waals surface area contributed by atoms with E-state index in [0.717, 1.165) is 25.1 Å². The Morgan fingerprint density at radius 2 is 1.76 bits per heavy atom. The van der Waals surface area contributed by atoms with E-state index in [1.165, 1.54) is 26.3 Å². The standard InChI is InChI=1S/C15H24N2O3S/c1-16-21(19,20)14-7-5-13(6-8-14)17-11-15(12-18)9-3-2-4-10-15/h5-8,16-18H,2-4,9-12H2,1H3. The van der Waals surface area contributed by atoms with Gasteiger partial charge >= 0.3 is 0 Å². The topological polar surface area (TPSA) is 78.4 Å². The highest BCUT2D eigenvalue weighted by Crippen LogP contribution is 2.36. The van der Waals surface area contributed by atoms with Crippen molar-refractivity contribution >= 4 is 15.7 Å². The molecule has 1 fully saturated rings. The minimum atomic E-state index is -3.38. The summed E-state index contributed by atoms with van der Waals surface area (Å²) in [6.45, 7) is 0.924. The molecule has 21 heavy (non-hydrogen) atoms. The van der Waals surface area contributed by atoms with Crippen LogP contribution in [0.15, 0.2) is 29.2 Å². The van der Waals surface area contributed by atoms with Crippen LogP contribution in [-0.4, -0.2) is 33.7 Å². The summed E-state index contributed by atoms with van der Waals surface area (Å²) in [6.07, 6.45) is 5.67. The summed E-state index contributed by atoms with van der Waals surface area (Å²) in [4.78, 5) is 0.255. The minimum Gasteiger partial charge on any atom is -0.396 e. The first-order valence-electron chi connectivity index (χ1n) is 7.40. The molecule has 0 bridgehead atoms. The van der Waals surface area contributed by atoms with Crippen molar-refractivity contribution in [1.82, 2.24) is 4.72 Å². The molecule has 3 N–H and O–H groups in total. The van der Waals surface area contributed by atoms with Gasteiger partial charge in [0.25, 0.3) is 0 Å². The first-order chi connectivity index (χ1) is 10.0. The Kier molecular flexibility index (Phi) is 5.24. The van der Waals surface area contributed by atoms with E-state index in [0.29, 0.717) is 0 Å². The molecule has 118 valence electrons. The maximum atomic E-state index is 11.7. The van der Waals surface area contributed by atoms with Crippen molar-refractivity contribution in [1.29, 1.82) is 0 Å². The quantitative estimate of drug-likeness (QED) is 0.750. The maximum absolute atomic E-state index is 11.7. The van der Waals surface area contributed by atoms with Crippen LogP contribution in [0.4, 0.5) is 5.69 Å². The van der Waals surface area contributed by atoms with E-state index in [2.05, 4.69) is 10.0 Å². The number of nitrogens with one attached hydrogen (secondary N) is 2. The van der Waals surface area contributed by atoms with Gasteiger partial charge in [-0.3, -0.25) is 0 Å². The molecule has 0 aromatic heterocycles. The summed E-state index contributed by atoms with van der Waals surface area (Å²) in [5, 5.41) is 13.0. The Morgan fingerprint density at radius 1 is 1.14 bits per heavy atom. The van der Waals surface area contributed by atoms with E-state index in [1.807, 2.05) is 0 Å². The van der Waals surface area contributed by atoms with Crippen molar-refractivity contribution in [3.63, 3.8) is 0 Å². The van der Waals surface area contributed by atoms with Crippen LogP contribution in [0.1, 0.15) is 32.1 Å². The molecule has 0 saturated heterocycles. The second kappa shape index (κ2) is 6.77. The SMILES string of the molecule is CNS(=O)(=O)c1ccc(NCC2(CO)CCCCC2)cc1. The molecule has 0 aliphatic heterocycles. The Balaban J connectivity index is 2.00. The number of anilines is 1. The molecule has 1 saturated carbocycles. The van der Waals surface area contributed by atoms with Gasteiger partial charge in [-0.25, -0.2) is 13.1 Å². The number of hydrogen-bond acceptors (Lipinski definition) is 4. The summed E-state index contributed by atoms with van der Waals surface area (Å²) < 4.78 is 25.6. The van der Waals surface area contributed by atoms with Crippen LogP contribution in [-0.2, 0) is 10.0 Å². The Hall–Kier alpha value is -1.11. The smallest absolute Gasteiger partial charge is 0.240 e. The van der Waals surface area contributed by atoms with E-state index in [9.17, 15) is 13.5 Å². The van der Waals surface area contributed by atoms with Crippen LogP contribution >= 0.6 is 0 Å². The van der Waals surface area contributed by atoms with Gasteiger partial charge in [-0.2, -0.15) is 0 Å². The van der Waals surface area contributed by atoms with Crippen molar-refractivity contribution in [2.24, 2.45) is 5.41 Å². The predicted octanol–water partition coefficient (Wildman–Crippen LogP) is 1.95. The van der Waals surface area contributed by atoms with E-state index in [1.54, 1.807) is 24.3 Å². The molecule has 6 heteroatoms. The molecule has 1 aliphatic rings. The lowest BCUT2D eigenvalue weighted by Gasteiger charge is -2.36. The zero-order valence-electron chi connectivity index (χ0n) is 12.4. The summed E-state index contributed by atoms with van der Waals surface area (Å²) in [6, 6.07) is 6.69. The Labute approximate surface area is 126 Å². The second-order valence-electron chi connectivity index (χ2n) is 5.80. The summed E-state index contributed by atoms with van der Waals surface area (Å²) in [5.74, 6) is 0. The molecule has 5 nitrogen and oxygen atoms in total. The van der Waals surface area contributed by atoms with Gasteiger partial charge in [0.15, 0.2) is 0 Å². The lowest BCUT2D eigenvalue weighted by Crippen LogP contribution is -2.35. The number of aliphatic hydroxyl groups excluding tert-OH is 1. The molecule has 0 radical (unpaired) electrons. The second-order valence-corrected chi connectivity index (χ2v) is 7.69. The third-order valence-corrected chi connectivity index (χ3v) is 5.78. The van der Waals surface area contributed by atoms with Gasteiger partial charge in [-0.05, 0) is 44.2 Å². The van der Waals surface area contributed by atoms with Crippen molar-refractivity contribution in [3.8, 4) is 0 Å². The Morgan fingerprint density at radius 3 is 2.29 bits per heavy atom. The molecule has 0 atom stereocenters.